The van der Waals surface area contributed by atoms with Gasteiger partial charge in [0.1, 0.15) is 0 Å². The molecule has 0 spiro atoms. The van der Waals surface area contributed by atoms with Crippen LogP contribution in [0.15, 0.2) is 164 Å². The summed E-state index contributed by atoms with van der Waals surface area (Å²) in [7, 11) is 0. The van der Waals surface area contributed by atoms with E-state index in [2.05, 4.69) is 321 Å². The van der Waals surface area contributed by atoms with Crippen molar-refractivity contribution in [2.75, 3.05) is 14.7 Å². The number of fused-ring (bicyclic) bond motifs is 15. The second kappa shape index (κ2) is 19.6. The fourth-order valence-electron chi connectivity index (χ4n) is 19.2. The maximum absolute atomic E-state index is 2.82. The third-order valence-corrected chi connectivity index (χ3v) is 26.8. The molecule has 17 rings (SSSR count). The number of hydrogen-bond acceptors (Lipinski definition) is 4. The summed E-state index contributed by atoms with van der Waals surface area (Å²) in [5, 5.41) is 1.38. The first-order valence-electron chi connectivity index (χ1n) is 35.8. The van der Waals surface area contributed by atoms with Crippen LogP contribution in [0.2, 0.25) is 0 Å². The minimum absolute atomic E-state index is 0.00620. The van der Waals surface area contributed by atoms with Gasteiger partial charge in [-0.3, -0.25) is 0 Å². The fraction of sp³-hybridized carbons (Fsp3) is 0.378. The second-order valence-electron chi connectivity index (χ2n) is 36.1. The molecule has 5 aliphatic carbocycles. The van der Waals surface area contributed by atoms with Crippen LogP contribution in [0.4, 0.5) is 51.2 Å². The lowest BCUT2D eigenvalue weighted by Crippen LogP contribution is -2.61. The molecule has 2 aliphatic heterocycles. The molecule has 10 aromatic rings. The summed E-state index contributed by atoms with van der Waals surface area (Å²) >= 11 is 2.09. The van der Waals surface area contributed by atoms with Gasteiger partial charge in [-0.25, -0.2) is 0 Å². The molecule has 95 heavy (non-hydrogen) atoms. The Morgan fingerprint density at radius 3 is 1.34 bits per heavy atom. The lowest BCUT2D eigenvalue weighted by Gasteiger charge is -2.47. The van der Waals surface area contributed by atoms with E-state index < -0.39 is 0 Å². The maximum Gasteiger partial charge on any atom is 0.264 e. The molecule has 0 saturated carbocycles. The van der Waals surface area contributed by atoms with Gasteiger partial charge in [-0.15, -0.1) is 11.3 Å². The van der Waals surface area contributed by atoms with Gasteiger partial charge in [-0.2, -0.15) is 0 Å². The van der Waals surface area contributed by atoms with E-state index in [0.29, 0.717) is 0 Å². The van der Waals surface area contributed by atoms with E-state index in [9.17, 15) is 0 Å². The number of anilines is 9. The van der Waals surface area contributed by atoms with E-state index in [1.54, 1.807) is 0 Å². The predicted molar refractivity (Wildman–Crippen MR) is 410 cm³/mol. The highest BCUT2D eigenvalue weighted by Gasteiger charge is 2.51. The van der Waals surface area contributed by atoms with Crippen molar-refractivity contribution < 1.29 is 0 Å². The normalized spacial score (nSPS) is 19.9. The van der Waals surface area contributed by atoms with Crippen LogP contribution in [0.3, 0.4) is 0 Å². The minimum atomic E-state index is -0.212. The molecule has 0 saturated heterocycles. The number of thiophene rings is 1. The van der Waals surface area contributed by atoms with E-state index in [4.69, 9.17) is 0 Å². The Balaban J connectivity index is 1.03. The first-order valence-corrected chi connectivity index (χ1v) is 36.6. The average Bonchev–Trinajstić information content (AvgIpc) is 1.67. The van der Waals surface area contributed by atoms with Gasteiger partial charge < -0.3 is 14.7 Å². The minimum Gasteiger partial charge on any atom is -0.311 e. The van der Waals surface area contributed by atoms with E-state index in [1.807, 2.05) is 0 Å². The van der Waals surface area contributed by atoms with Crippen LogP contribution in [-0.4, -0.2) is 6.71 Å². The third-order valence-electron chi connectivity index (χ3n) is 25.6. The standard InChI is InChI=1S/C90H96BN3S/c1-82(2,3)53-28-30-54(31-29-53)93-75-51-72-71(86(10,11)41-42-87(72,12)13)50-74(75)91-79-76(93)47-58(92(55-32-35-61-59-24-20-22-26-64(59)89(16,17)67(61)44-55)56-33-36-62-60-25-21-23-27-65(60)90(18,19)68(62)45-56)48-77(79)94(57-34-37-66-69(46-57)84(6,7)39-38-83(66,4)5)80-63-49-70-73(52-78(63)95-81(80)91)88(14,15)43-40-85(70,8)9/h20-37,44-52H,38-43H2,1-19H3. The predicted octanol–water partition coefficient (Wildman–Crippen LogP) is 23.4. The highest BCUT2D eigenvalue weighted by molar-refractivity contribution is 7.33. The first kappa shape index (κ1) is 61.0. The quantitative estimate of drug-likeness (QED) is 0.159. The summed E-state index contributed by atoms with van der Waals surface area (Å²) in [5.41, 5.74) is 34.7. The first-order chi connectivity index (χ1) is 44.7. The Kier molecular flexibility index (Phi) is 12.6. The zero-order valence-electron chi connectivity index (χ0n) is 60.2. The van der Waals surface area contributed by atoms with Gasteiger partial charge in [-0.05, 0) is 250 Å². The second-order valence-corrected chi connectivity index (χ2v) is 37.2. The molecule has 0 amide bonds. The molecule has 0 bridgehead atoms. The van der Waals surface area contributed by atoms with E-state index in [1.165, 1.54) is 156 Å². The smallest absolute Gasteiger partial charge is 0.264 e. The molecule has 0 N–H and O–H groups in total. The maximum atomic E-state index is 2.82. The zero-order valence-corrected chi connectivity index (χ0v) is 61.0. The molecular weight excluding hydrogens is 1170 g/mol. The van der Waals surface area contributed by atoms with Crippen LogP contribution in [-0.2, 0) is 48.7 Å². The lowest BCUT2D eigenvalue weighted by molar-refractivity contribution is 0.332. The molecular formula is C90H96BN3S. The van der Waals surface area contributed by atoms with Crippen LogP contribution in [0.1, 0.15) is 231 Å². The van der Waals surface area contributed by atoms with Crippen molar-refractivity contribution in [2.45, 2.75) is 219 Å². The van der Waals surface area contributed by atoms with Gasteiger partial charge in [0.2, 0.25) is 0 Å². The molecule has 3 heterocycles. The van der Waals surface area contributed by atoms with Crippen molar-refractivity contribution in [2.24, 2.45) is 0 Å². The number of hydrogen-bond donors (Lipinski definition) is 0. The highest BCUT2D eigenvalue weighted by Crippen LogP contribution is 2.59. The summed E-state index contributed by atoms with van der Waals surface area (Å²) < 4.78 is 2.84. The molecule has 480 valence electrons. The molecule has 0 fully saturated rings. The zero-order chi connectivity index (χ0) is 66.6. The lowest BCUT2D eigenvalue weighted by atomic mass is 9.35. The Labute approximate surface area is 572 Å². The van der Waals surface area contributed by atoms with Gasteiger partial charge in [-0.1, -0.05) is 216 Å². The van der Waals surface area contributed by atoms with Crippen LogP contribution in [0.5, 0.6) is 0 Å². The van der Waals surface area contributed by atoms with Gasteiger partial charge >= 0.3 is 0 Å². The topological polar surface area (TPSA) is 9.72 Å². The van der Waals surface area contributed by atoms with Crippen LogP contribution < -0.4 is 30.4 Å². The van der Waals surface area contributed by atoms with Gasteiger partial charge in [0.15, 0.2) is 0 Å². The van der Waals surface area contributed by atoms with E-state index in [-0.39, 0.29) is 55.4 Å². The van der Waals surface area contributed by atoms with Gasteiger partial charge in [0.05, 0.1) is 11.4 Å². The Morgan fingerprint density at radius 2 is 0.811 bits per heavy atom. The van der Waals surface area contributed by atoms with Crippen molar-refractivity contribution in [1.29, 1.82) is 0 Å². The van der Waals surface area contributed by atoms with Crippen molar-refractivity contribution in [3.8, 4) is 22.3 Å². The molecule has 0 radical (unpaired) electrons. The molecule has 5 heteroatoms. The van der Waals surface area contributed by atoms with Crippen LogP contribution in [0.25, 0.3) is 32.3 Å². The number of benzene rings is 9. The van der Waals surface area contributed by atoms with E-state index >= 15 is 0 Å². The monoisotopic (exact) mass is 1260 g/mol. The van der Waals surface area contributed by atoms with Crippen molar-refractivity contribution in [3.05, 3.63) is 225 Å². The highest BCUT2D eigenvalue weighted by atomic mass is 32.1. The third kappa shape index (κ3) is 8.67. The SMILES string of the molecule is CC(C)(C)c1ccc(N2c3cc4c(cc3B3c5sc6cc7c(cc6c5N(c5ccc6c(c5)C(C)(C)CCC6(C)C)c5cc(N(c6ccc8c(c6)C(C)(C)c6ccccc6-8)c6ccc8c(c6)C(C)(C)c6ccccc6-8)cc2c53)C(C)(C)CCC7(C)C)C(C)(C)CCC4(C)C)cc1. The summed E-state index contributed by atoms with van der Waals surface area (Å²) in [6, 6.07) is 66.8. The van der Waals surface area contributed by atoms with E-state index in [0.717, 1.165) is 42.7 Å². The summed E-state index contributed by atoms with van der Waals surface area (Å²) in [4.78, 5) is 8.22. The van der Waals surface area contributed by atoms with Crippen LogP contribution >= 0.6 is 11.3 Å². The van der Waals surface area contributed by atoms with Crippen molar-refractivity contribution >= 4 is 95.0 Å². The Hall–Kier alpha value is -7.60. The number of rotatable bonds is 5. The van der Waals surface area contributed by atoms with Gasteiger partial charge in [0, 0.05) is 65.5 Å². The fourth-order valence-corrected chi connectivity index (χ4v) is 20.5. The average molecular weight is 1260 g/mol. The summed E-state index contributed by atoms with van der Waals surface area (Å²) in [6.07, 6.45) is 6.94. The van der Waals surface area contributed by atoms with Crippen molar-refractivity contribution in [1.82, 2.24) is 0 Å². The molecule has 0 atom stereocenters. The molecule has 1 aromatic heterocycles. The van der Waals surface area contributed by atoms with Crippen LogP contribution in [0, 0.1) is 0 Å². The molecule has 7 aliphatic rings. The Morgan fingerprint density at radius 1 is 0.368 bits per heavy atom. The van der Waals surface area contributed by atoms with Gasteiger partial charge in [0.25, 0.3) is 6.71 Å². The number of nitrogens with zero attached hydrogens (tertiary/aromatic N) is 3. The Bertz CT molecular complexity index is 4860. The molecule has 0 unspecified atom stereocenters. The largest absolute Gasteiger partial charge is 0.311 e. The van der Waals surface area contributed by atoms with Crippen molar-refractivity contribution in [3.63, 3.8) is 0 Å². The molecule has 9 aromatic carbocycles. The summed E-state index contributed by atoms with van der Waals surface area (Å²) in [5.74, 6) is 0. The summed E-state index contributed by atoms with van der Waals surface area (Å²) in [6.45, 7) is 46.9. The molecule has 3 nitrogen and oxygen atoms in total.